The Morgan fingerprint density at radius 1 is 1.04 bits per heavy atom. The molecule has 2 aromatic carbocycles. The molecule has 0 aliphatic rings. The van der Waals surface area contributed by atoms with E-state index in [1.54, 1.807) is 12.1 Å². The molecule has 0 aliphatic carbocycles. The zero-order chi connectivity index (χ0) is 19.5. The first kappa shape index (κ1) is 19.1. The second kappa shape index (κ2) is 7.35. The highest BCUT2D eigenvalue weighted by atomic mass is 16.6. The number of anilines is 2. The standard InChI is InChI=1S/C19H20N2O5/c1-19(2,3)15-7-5-6-8-16(15)20(17(22)18(23)26-4)13-9-11-14(12-10-13)21(24)25/h5-12H,1-4H3. The third kappa shape index (κ3) is 3.88. The molecule has 26 heavy (non-hydrogen) atoms. The maximum atomic E-state index is 12.7. The van der Waals surface area contributed by atoms with Crippen LogP contribution in [0.3, 0.4) is 0 Å². The van der Waals surface area contributed by atoms with Gasteiger partial charge in [0.15, 0.2) is 0 Å². The summed E-state index contributed by atoms with van der Waals surface area (Å²) >= 11 is 0. The third-order valence-electron chi connectivity index (χ3n) is 3.83. The number of nitro groups is 1. The van der Waals surface area contributed by atoms with Gasteiger partial charge in [-0.1, -0.05) is 39.0 Å². The lowest BCUT2D eigenvalue weighted by atomic mass is 9.85. The normalized spacial score (nSPS) is 10.9. The summed E-state index contributed by atoms with van der Waals surface area (Å²) in [4.78, 5) is 36.2. The Morgan fingerprint density at radius 3 is 2.12 bits per heavy atom. The predicted octanol–water partition coefficient (Wildman–Crippen LogP) is 3.73. The van der Waals surface area contributed by atoms with Gasteiger partial charge in [-0.05, 0) is 29.2 Å². The van der Waals surface area contributed by atoms with E-state index in [1.807, 2.05) is 32.9 Å². The summed E-state index contributed by atoms with van der Waals surface area (Å²) in [7, 11) is 1.13. The number of carbonyl (C=O) groups excluding carboxylic acids is 2. The van der Waals surface area contributed by atoms with Gasteiger partial charge in [-0.25, -0.2) is 4.79 Å². The van der Waals surface area contributed by atoms with E-state index in [4.69, 9.17) is 0 Å². The van der Waals surface area contributed by atoms with Crippen molar-refractivity contribution < 1.29 is 19.2 Å². The van der Waals surface area contributed by atoms with Crippen molar-refractivity contribution in [2.45, 2.75) is 26.2 Å². The minimum Gasteiger partial charge on any atom is -0.462 e. The van der Waals surface area contributed by atoms with Crippen LogP contribution in [-0.2, 0) is 19.7 Å². The minimum absolute atomic E-state index is 0.108. The lowest BCUT2D eigenvalue weighted by Gasteiger charge is -2.29. The number of para-hydroxylation sites is 1. The first-order valence-electron chi connectivity index (χ1n) is 7.93. The van der Waals surface area contributed by atoms with Crippen LogP contribution in [0.25, 0.3) is 0 Å². The van der Waals surface area contributed by atoms with Gasteiger partial charge in [0.25, 0.3) is 5.69 Å². The summed E-state index contributed by atoms with van der Waals surface area (Å²) < 4.78 is 4.59. The van der Waals surface area contributed by atoms with Gasteiger partial charge in [0.1, 0.15) is 0 Å². The first-order valence-corrected chi connectivity index (χ1v) is 7.93. The van der Waals surface area contributed by atoms with Crippen LogP contribution in [0.2, 0.25) is 0 Å². The Kier molecular flexibility index (Phi) is 5.40. The fourth-order valence-electron chi connectivity index (χ4n) is 2.57. The molecule has 0 spiro atoms. The molecular weight excluding hydrogens is 336 g/mol. The molecule has 2 aromatic rings. The first-order chi connectivity index (χ1) is 12.2. The molecule has 1 amide bonds. The fourth-order valence-corrected chi connectivity index (χ4v) is 2.57. The molecule has 0 unspecified atom stereocenters. The number of nitro benzene ring substituents is 1. The number of esters is 1. The van der Waals surface area contributed by atoms with Crippen LogP contribution in [0.1, 0.15) is 26.3 Å². The maximum Gasteiger partial charge on any atom is 0.397 e. The number of methoxy groups -OCH3 is 1. The van der Waals surface area contributed by atoms with Gasteiger partial charge in [-0.15, -0.1) is 0 Å². The number of carbonyl (C=O) groups is 2. The van der Waals surface area contributed by atoms with Gasteiger partial charge >= 0.3 is 11.9 Å². The highest BCUT2D eigenvalue weighted by molar-refractivity contribution is 6.40. The van der Waals surface area contributed by atoms with Crippen molar-refractivity contribution >= 4 is 28.9 Å². The number of hydrogen-bond donors (Lipinski definition) is 0. The van der Waals surface area contributed by atoms with E-state index in [2.05, 4.69) is 4.74 Å². The highest BCUT2D eigenvalue weighted by Gasteiger charge is 2.30. The van der Waals surface area contributed by atoms with Crippen molar-refractivity contribution in [1.82, 2.24) is 0 Å². The predicted molar refractivity (Wildman–Crippen MR) is 97.4 cm³/mol. The van der Waals surface area contributed by atoms with Crippen LogP contribution in [0.5, 0.6) is 0 Å². The molecule has 0 fully saturated rings. The topological polar surface area (TPSA) is 89.8 Å². The molecule has 0 aromatic heterocycles. The minimum atomic E-state index is -1.02. The Hall–Kier alpha value is -3.22. The van der Waals surface area contributed by atoms with Crippen LogP contribution < -0.4 is 4.90 Å². The van der Waals surface area contributed by atoms with Crippen molar-refractivity contribution in [2.75, 3.05) is 12.0 Å². The smallest absolute Gasteiger partial charge is 0.397 e. The van der Waals surface area contributed by atoms with Crippen LogP contribution in [0, 0.1) is 10.1 Å². The highest BCUT2D eigenvalue weighted by Crippen LogP contribution is 2.36. The molecule has 0 saturated heterocycles. The average molecular weight is 356 g/mol. The quantitative estimate of drug-likeness (QED) is 0.362. The van der Waals surface area contributed by atoms with Crippen molar-refractivity contribution in [3.05, 3.63) is 64.2 Å². The van der Waals surface area contributed by atoms with E-state index in [0.717, 1.165) is 12.7 Å². The lowest BCUT2D eigenvalue weighted by molar-refractivity contribution is -0.384. The summed E-state index contributed by atoms with van der Waals surface area (Å²) in [5.74, 6) is -1.90. The molecule has 0 atom stereocenters. The molecule has 0 radical (unpaired) electrons. The number of benzene rings is 2. The van der Waals surface area contributed by atoms with Crippen LogP contribution >= 0.6 is 0 Å². The van der Waals surface area contributed by atoms with E-state index in [9.17, 15) is 19.7 Å². The van der Waals surface area contributed by atoms with Crippen LogP contribution in [-0.4, -0.2) is 23.9 Å². The Morgan fingerprint density at radius 2 is 1.62 bits per heavy atom. The number of rotatable bonds is 3. The number of hydrogen-bond acceptors (Lipinski definition) is 5. The van der Waals surface area contributed by atoms with Crippen molar-refractivity contribution in [3.8, 4) is 0 Å². The van der Waals surface area contributed by atoms with Crippen LogP contribution in [0.4, 0.5) is 17.1 Å². The number of ether oxygens (including phenoxy) is 1. The Balaban J connectivity index is 2.65. The zero-order valence-electron chi connectivity index (χ0n) is 15.1. The maximum absolute atomic E-state index is 12.7. The van der Waals surface area contributed by atoms with E-state index >= 15 is 0 Å². The van der Waals surface area contributed by atoms with E-state index in [1.165, 1.54) is 29.2 Å². The summed E-state index contributed by atoms with van der Waals surface area (Å²) in [5, 5.41) is 10.9. The molecule has 7 nitrogen and oxygen atoms in total. The number of nitrogens with zero attached hydrogens (tertiary/aromatic N) is 2. The Labute approximate surface area is 151 Å². The van der Waals surface area contributed by atoms with E-state index < -0.39 is 16.8 Å². The largest absolute Gasteiger partial charge is 0.462 e. The number of amides is 1. The van der Waals surface area contributed by atoms with Crippen molar-refractivity contribution in [3.63, 3.8) is 0 Å². The van der Waals surface area contributed by atoms with Gasteiger partial charge in [-0.2, -0.15) is 0 Å². The lowest BCUT2D eigenvalue weighted by Crippen LogP contribution is -2.35. The van der Waals surface area contributed by atoms with Gasteiger partial charge < -0.3 is 4.74 Å². The van der Waals surface area contributed by atoms with Gasteiger partial charge in [-0.3, -0.25) is 19.8 Å². The van der Waals surface area contributed by atoms with Crippen LogP contribution in [0.15, 0.2) is 48.5 Å². The third-order valence-corrected chi connectivity index (χ3v) is 3.83. The fraction of sp³-hybridized carbons (Fsp3) is 0.263. The van der Waals surface area contributed by atoms with E-state index in [-0.39, 0.29) is 11.1 Å². The SMILES string of the molecule is COC(=O)C(=O)N(c1ccc([N+](=O)[O-])cc1)c1ccccc1C(C)(C)C. The second-order valence-electron chi connectivity index (χ2n) is 6.67. The summed E-state index contributed by atoms with van der Waals surface area (Å²) in [6.45, 7) is 5.97. The van der Waals surface area contributed by atoms with Crippen molar-refractivity contribution in [1.29, 1.82) is 0 Å². The van der Waals surface area contributed by atoms with Gasteiger partial charge in [0.05, 0.1) is 17.7 Å². The Bertz CT molecular complexity index is 838. The molecule has 7 heteroatoms. The molecule has 0 aliphatic heterocycles. The summed E-state index contributed by atoms with van der Waals surface area (Å²) in [6.07, 6.45) is 0. The molecule has 0 N–H and O–H groups in total. The molecule has 2 rings (SSSR count). The molecular formula is C19H20N2O5. The monoisotopic (exact) mass is 356 g/mol. The van der Waals surface area contributed by atoms with Crippen molar-refractivity contribution in [2.24, 2.45) is 0 Å². The van der Waals surface area contributed by atoms with E-state index in [0.29, 0.717) is 11.4 Å². The molecule has 0 heterocycles. The van der Waals surface area contributed by atoms with Gasteiger partial charge in [0.2, 0.25) is 0 Å². The summed E-state index contributed by atoms with van der Waals surface area (Å²) in [5.41, 5.74) is 1.29. The van der Waals surface area contributed by atoms with Gasteiger partial charge in [0, 0.05) is 17.8 Å². The molecule has 136 valence electrons. The second-order valence-corrected chi connectivity index (χ2v) is 6.67. The summed E-state index contributed by atoms with van der Waals surface area (Å²) in [6, 6.07) is 12.6. The molecule has 0 saturated carbocycles. The number of non-ortho nitro benzene ring substituents is 1. The zero-order valence-corrected chi connectivity index (χ0v) is 15.1. The molecule has 0 bridgehead atoms. The average Bonchev–Trinajstić information content (AvgIpc) is 2.61.